The van der Waals surface area contributed by atoms with Crippen LogP contribution in [0.4, 0.5) is 17.8 Å². The topological polar surface area (TPSA) is 80.0 Å². The Labute approximate surface area is 121 Å². The fourth-order valence-corrected chi connectivity index (χ4v) is 2.78. The lowest BCUT2D eigenvalue weighted by atomic mass is 10.0. The lowest BCUT2D eigenvalue weighted by Crippen LogP contribution is -2.26. The maximum absolute atomic E-state index is 5.81. The van der Waals surface area contributed by atoms with Crippen molar-refractivity contribution in [3.05, 3.63) is 0 Å². The van der Waals surface area contributed by atoms with Crippen molar-refractivity contribution in [2.75, 3.05) is 29.0 Å². The smallest absolute Gasteiger partial charge is 0.231 e. The Balaban J connectivity index is 2.22. The molecule has 0 aromatic carbocycles. The van der Waals surface area contributed by atoms with Gasteiger partial charge in [-0.15, -0.1) is 0 Å². The Morgan fingerprint density at radius 2 is 1.60 bits per heavy atom. The zero-order valence-electron chi connectivity index (χ0n) is 13.4. The summed E-state index contributed by atoms with van der Waals surface area (Å²) in [6.07, 6.45) is 0. The van der Waals surface area contributed by atoms with E-state index >= 15 is 0 Å². The van der Waals surface area contributed by atoms with E-state index in [1.165, 1.54) is 0 Å². The van der Waals surface area contributed by atoms with Crippen molar-refractivity contribution >= 4 is 17.8 Å². The molecular weight excluding hydrogens is 252 g/mol. The fourth-order valence-electron chi connectivity index (χ4n) is 2.78. The third-order valence-electron chi connectivity index (χ3n) is 4.98. The Kier molecular flexibility index (Phi) is 3.52. The lowest BCUT2D eigenvalue weighted by Gasteiger charge is -2.19. The largest absolute Gasteiger partial charge is 0.368 e. The molecule has 0 atom stereocenters. The predicted molar refractivity (Wildman–Crippen MR) is 82.8 cm³/mol. The molecule has 6 nitrogen and oxygen atoms in total. The van der Waals surface area contributed by atoms with Crippen LogP contribution in [0.1, 0.15) is 41.5 Å². The molecule has 20 heavy (non-hydrogen) atoms. The molecule has 112 valence electrons. The summed E-state index contributed by atoms with van der Waals surface area (Å²) in [5.74, 6) is 1.48. The standard InChI is InChI=1S/C14H26N6/c1-7-20(8-2)12-18-10(15)17-11(19-12)16-9-13(3,4)14(9,5)6/h9H,7-8H2,1-6H3,(H3,15,16,17,18,19). The summed E-state index contributed by atoms with van der Waals surface area (Å²) < 4.78 is 0. The third kappa shape index (κ3) is 2.27. The van der Waals surface area contributed by atoms with Crippen LogP contribution in [0.3, 0.4) is 0 Å². The van der Waals surface area contributed by atoms with Crippen molar-refractivity contribution in [1.82, 2.24) is 15.0 Å². The molecule has 6 heteroatoms. The molecule has 1 fully saturated rings. The number of rotatable bonds is 5. The molecule has 0 amide bonds. The van der Waals surface area contributed by atoms with Crippen LogP contribution < -0.4 is 16.0 Å². The molecule has 1 aromatic heterocycles. The molecule has 0 spiro atoms. The van der Waals surface area contributed by atoms with E-state index in [2.05, 4.69) is 66.7 Å². The Bertz CT molecular complexity index is 478. The quantitative estimate of drug-likeness (QED) is 0.859. The summed E-state index contributed by atoms with van der Waals surface area (Å²) in [6.45, 7) is 14.8. The van der Waals surface area contributed by atoms with Gasteiger partial charge in [0.2, 0.25) is 17.8 Å². The zero-order valence-corrected chi connectivity index (χ0v) is 13.4. The Hall–Kier alpha value is -1.59. The molecule has 3 N–H and O–H groups in total. The second kappa shape index (κ2) is 4.75. The summed E-state index contributed by atoms with van der Waals surface area (Å²) in [6, 6.07) is 0.348. The number of nitrogens with zero attached hydrogens (tertiary/aromatic N) is 4. The van der Waals surface area contributed by atoms with Crippen molar-refractivity contribution in [2.24, 2.45) is 10.8 Å². The van der Waals surface area contributed by atoms with E-state index in [4.69, 9.17) is 5.73 Å². The van der Waals surface area contributed by atoms with Crippen LogP contribution in [-0.2, 0) is 0 Å². The van der Waals surface area contributed by atoms with Gasteiger partial charge in [0.05, 0.1) is 0 Å². The minimum atomic E-state index is 0.226. The highest BCUT2D eigenvalue weighted by Crippen LogP contribution is 2.63. The summed E-state index contributed by atoms with van der Waals surface area (Å²) in [5.41, 5.74) is 6.26. The van der Waals surface area contributed by atoms with Crippen molar-refractivity contribution in [1.29, 1.82) is 0 Å². The van der Waals surface area contributed by atoms with Gasteiger partial charge in [0, 0.05) is 19.1 Å². The Morgan fingerprint density at radius 1 is 1.05 bits per heavy atom. The number of hydrogen-bond acceptors (Lipinski definition) is 6. The normalized spacial score (nSPS) is 19.7. The second-order valence-electron chi connectivity index (χ2n) is 6.51. The number of hydrogen-bond donors (Lipinski definition) is 2. The summed E-state index contributed by atoms with van der Waals surface area (Å²) in [4.78, 5) is 15.0. The van der Waals surface area contributed by atoms with Crippen molar-refractivity contribution in [2.45, 2.75) is 47.6 Å². The van der Waals surface area contributed by atoms with E-state index < -0.39 is 0 Å². The van der Waals surface area contributed by atoms with E-state index in [0.717, 1.165) is 13.1 Å². The first-order valence-electron chi connectivity index (χ1n) is 7.27. The van der Waals surface area contributed by atoms with Gasteiger partial charge in [0.1, 0.15) is 0 Å². The number of anilines is 3. The number of aromatic nitrogens is 3. The number of nitrogen functional groups attached to an aromatic ring is 1. The van der Waals surface area contributed by atoms with Gasteiger partial charge in [-0.3, -0.25) is 0 Å². The van der Waals surface area contributed by atoms with Gasteiger partial charge in [-0.1, -0.05) is 27.7 Å². The molecule has 0 bridgehead atoms. The maximum Gasteiger partial charge on any atom is 0.231 e. The molecule has 1 aliphatic carbocycles. The van der Waals surface area contributed by atoms with Crippen LogP contribution in [0.5, 0.6) is 0 Å². The number of nitrogens with one attached hydrogen (secondary N) is 1. The minimum absolute atomic E-state index is 0.226. The highest BCUT2D eigenvalue weighted by Gasteiger charge is 2.65. The molecular formula is C14H26N6. The first kappa shape index (κ1) is 14.8. The molecule has 2 rings (SSSR count). The first-order valence-corrected chi connectivity index (χ1v) is 7.27. The average molecular weight is 278 g/mol. The van der Waals surface area contributed by atoms with Crippen LogP contribution in [0.15, 0.2) is 0 Å². The highest BCUT2D eigenvalue weighted by molar-refractivity contribution is 5.44. The van der Waals surface area contributed by atoms with E-state index in [9.17, 15) is 0 Å². The fraction of sp³-hybridized carbons (Fsp3) is 0.786. The molecule has 0 unspecified atom stereocenters. The van der Waals surface area contributed by atoms with Crippen LogP contribution in [0, 0.1) is 10.8 Å². The van der Waals surface area contributed by atoms with Gasteiger partial charge in [0.25, 0.3) is 0 Å². The van der Waals surface area contributed by atoms with Crippen LogP contribution in [0.25, 0.3) is 0 Å². The van der Waals surface area contributed by atoms with Gasteiger partial charge in [-0.2, -0.15) is 15.0 Å². The summed E-state index contributed by atoms with van der Waals surface area (Å²) >= 11 is 0. The zero-order chi connectivity index (χ0) is 15.1. The maximum atomic E-state index is 5.81. The first-order chi connectivity index (χ1) is 9.23. The monoisotopic (exact) mass is 278 g/mol. The van der Waals surface area contributed by atoms with E-state index in [1.54, 1.807) is 0 Å². The predicted octanol–water partition coefficient (Wildman–Crippen LogP) is 2.15. The molecule has 0 radical (unpaired) electrons. The van der Waals surface area contributed by atoms with Crippen molar-refractivity contribution in [3.8, 4) is 0 Å². The third-order valence-corrected chi connectivity index (χ3v) is 4.98. The van der Waals surface area contributed by atoms with Crippen LogP contribution >= 0.6 is 0 Å². The van der Waals surface area contributed by atoms with Crippen LogP contribution in [0.2, 0.25) is 0 Å². The number of nitrogens with two attached hydrogens (primary N) is 1. The van der Waals surface area contributed by atoms with Crippen LogP contribution in [-0.4, -0.2) is 34.1 Å². The molecule has 1 saturated carbocycles. The van der Waals surface area contributed by atoms with Gasteiger partial charge in [-0.25, -0.2) is 0 Å². The summed E-state index contributed by atoms with van der Waals surface area (Å²) in [5, 5.41) is 3.41. The SMILES string of the molecule is CCN(CC)c1nc(N)nc(NC2C(C)(C)C2(C)C)n1. The van der Waals surface area contributed by atoms with Gasteiger partial charge in [0.15, 0.2) is 0 Å². The molecule has 1 aromatic rings. The lowest BCUT2D eigenvalue weighted by molar-refractivity contribution is 0.457. The van der Waals surface area contributed by atoms with Crippen molar-refractivity contribution in [3.63, 3.8) is 0 Å². The van der Waals surface area contributed by atoms with Crippen molar-refractivity contribution < 1.29 is 0 Å². The minimum Gasteiger partial charge on any atom is -0.368 e. The van der Waals surface area contributed by atoms with Gasteiger partial charge in [-0.05, 0) is 24.7 Å². The van der Waals surface area contributed by atoms with E-state index in [-0.39, 0.29) is 16.8 Å². The van der Waals surface area contributed by atoms with E-state index in [1.807, 2.05) is 0 Å². The van der Waals surface area contributed by atoms with Gasteiger partial charge < -0.3 is 16.0 Å². The van der Waals surface area contributed by atoms with E-state index in [0.29, 0.717) is 17.9 Å². The molecule has 0 saturated heterocycles. The van der Waals surface area contributed by atoms with Gasteiger partial charge >= 0.3 is 0 Å². The Morgan fingerprint density at radius 3 is 2.05 bits per heavy atom. The molecule has 0 aliphatic heterocycles. The average Bonchev–Trinajstić information content (AvgIpc) is 2.73. The highest BCUT2D eigenvalue weighted by atomic mass is 15.3. The molecule has 1 aliphatic rings. The molecule has 1 heterocycles. The second-order valence-corrected chi connectivity index (χ2v) is 6.51. The summed E-state index contributed by atoms with van der Waals surface area (Å²) in [7, 11) is 0.